The first-order chi connectivity index (χ1) is 10.4. The fourth-order valence-corrected chi connectivity index (χ4v) is 5.95. The lowest BCUT2D eigenvalue weighted by atomic mass is 9.75. The molecular weight excluding hydrogens is 358 g/mol. The number of rotatable bonds is 3. The van der Waals surface area contributed by atoms with Gasteiger partial charge in [0.15, 0.2) is 0 Å². The molecule has 0 N–H and O–H groups in total. The van der Waals surface area contributed by atoms with Gasteiger partial charge in [-0.15, -0.1) is 46.4 Å². The summed E-state index contributed by atoms with van der Waals surface area (Å²) in [5.74, 6) is 0. The van der Waals surface area contributed by atoms with E-state index in [1.165, 1.54) is 0 Å². The van der Waals surface area contributed by atoms with Crippen molar-refractivity contribution >= 4 is 46.4 Å². The fraction of sp³-hybridized carbons (Fsp3) is 0.333. The minimum absolute atomic E-state index is 0.449. The molecular formula is C18H14Cl4. The van der Waals surface area contributed by atoms with Crippen LogP contribution in [0.4, 0.5) is 0 Å². The highest BCUT2D eigenvalue weighted by Gasteiger charge is 2.88. The van der Waals surface area contributed by atoms with Crippen molar-refractivity contribution < 1.29 is 0 Å². The van der Waals surface area contributed by atoms with Crippen LogP contribution in [0.2, 0.25) is 0 Å². The molecule has 2 aliphatic rings. The lowest BCUT2D eigenvalue weighted by Crippen LogP contribution is -2.36. The van der Waals surface area contributed by atoms with Crippen molar-refractivity contribution in [3.63, 3.8) is 0 Å². The SMILES string of the molecule is ClC1(Cl)C[C@@]1(c1ccccc1)[C@@]1(c2ccccc2)CC1(Cl)Cl. The van der Waals surface area contributed by atoms with Crippen molar-refractivity contribution in [2.75, 3.05) is 0 Å². The number of halogens is 4. The minimum atomic E-state index is -0.851. The Kier molecular flexibility index (Phi) is 3.15. The van der Waals surface area contributed by atoms with E-state index in [1.54, 1.807) is 0 Å². The van der Waals surface area contributed by atoms with Gasteiger partial charge < -0.3 is 0 Å². The van der Waals surface area contributed by atoms with Crippen LogP contribution in [-0.2, 0) is 10.8 Å². The molecule has 114 valence electrons. The molecule has 2 aliphatic carbocycles. The lowest BCUT2D eigenvalue weighted by Gasteiger charge is -2.32. The van der Waals surface area contributed by atoms with Gasteiger partial charge in [0, 0.05) is 10.8 Å². The second-order valence-electron chi connectivity index (χ2n) is 6.31. The van der Waals surface area contributed by atoms with Gasteiger partial charge in [-0.1, -0.05) is 60.7 Å². The van der Waals surface area contributed by atoms with E-state index in [4.69, 9.17) is 46.4 Å². The van der Waals surface area contributed by atoms with E-state index < -0.39 is 19.5 Å². The zero-order valence-electron chi connectivity index (χ0n) is 11.7. The molecule has 4 rings (SSSR count). The molecule has 0 saturated heterocycles. The molecule has 0 radical (unpaired) electrons. The van der Waals surface area contributed by atoms with Gasteiger partial charge >= 0.3 is 0 Å². The Labute approximate surface area is 150 Å². The summed E-state index contributed by atoms with van der Waals surface area (Å²) in [6.07, 6.45) is 1.31. The van der Waals surface area contributed by atoms with Crippen molar-refractivity contribution in [2.24, 2.45) is 0 Å². The molecule has 0 heterocycles. The highest BCUT2D eigenvalue weighted by atomic mass is 35.5. The van der Waals surface area contributed by atoms with E-state index in [-0.39, 0.29) is 0 Å². The van der Waals surface area contributed by atoms with Gasteiger partial charge in [0.05, 0.1) is 0 Å². The largest absolute Gasteiger partial charge is 0.130 e. The molecule has 2 aromatic rings. The van der Waals surface area contributed by atoms with E-state index >= 15 is 0 Å². The molecule has 22 heavy (non-hydrogen) atoms. The highest BCUT2D eigenvalue weighted by Crippen LogP contribution is 2.84. The molecule has 0 spiro atoms. The van der Waals surface area contributed by atoms with Gasteiger partial charge in [-0.05, 0) is 24.0 Å². The third-order valence-electron chi connectivity index (χ3n) is 5.23. The summed E-state index contributed by atoms with van der Waals surface area (Å²) < 4.78 is -1.70. The molecule has 4 heteroatoms. The zero-order chi connectivity index (χ0) is 15.6. The Bertz CT molecular complexity index is 647. The minimum Gasteiger partial charge on any atom is -0.101 e. The van der Waals surface area contributed by atoms with Crippen molar-refractivity contribution in [1.82, 2.24) is 0 Å². The first-order valence-corrected chi connectivity index (χ1v) is 8.75. The van der Waals surface area contributed by atoms with Gasteiger partial charge in [-0.3, -0.25) is 0 Å². The van der Waals surface area contributed by atoms with Crippen molar-refractivity contribution in [3.8, 4) is 0 Å². The van der Waals surface area contributed by atoms with Crippen LogP contribution in [-0.4, -0.2) is 8.67 Å². The smallest absolute Gasteiger partial charge is 0.101 e. The van der Waals surface area contributed by atoms with Crippen LogP contribution in [0.25, 0.3) is 0 Å². The molecule has 0 aromatic heterocycles. The zero-order valence-corrected chi connectivity index (χ0v) is 14.7. The third kappa shape index (κ3) is 1.73. The van der Waals surface area contributed by atoms with Gasteiger partial charge in [-0.25, -0.2) is 0 Å². The summed E-state index contributed by atoms with van der Waals surface area (Å²) >= 11 is 26.6. The summed E-state index contributed by atoms with van der Waals surface area (Å²) in [5, 5.41) is 0. The Morgan fingerprint density at radius 3 is 1.05 bits per heavy atom. The molecule has 0 amide bonds. The van der Waals surface area contributed by atoms with E-state index in [0.29, 0.717) is 12.8 Å². The Hall–Kier alpha value is -0.400. The number of hydrogen-bond acceptors (Lipinski definition) is 0. The highest BCUT2D eigenvalue weighted by molar-refractivity contribution is 6.55. The molecule has 0 unspecified atom stereocenters. The Morgan fingerprint density at radius 1 is 0.545 bits per heavy atom. The van der Waals surface area contributed by atoms with E-state index in [2.05, 4.69) is 24.3 Å². The molecule has 2 fully saturated rings. The van der Waals surface area contributed by atoms with Crippen molar-refractivity contribution in [1.29, 1.82) is 0 Å². The maximum absolute atomic E-state index is 6.65. The second kappa shape index (κ2) is 4.57. The maximum Gasteiger partial charge on any atom is 0.130 e. The molecule has 2 atom stereocenters. The van der Waals surface area contributed by atoms with Crippen LogP contribution < -0.4 is 0 Å². The van der Waals surface area contributed by atoms with Gasteiger partial charge in [-0.2, -0.15) is 0 Å². The van der Waals surface area contributed by atoms with Crippen LogP contribution in [0.5, 0.6) is 0 Å². The van der Waals surface area contributed by atoms with Crippen molar-refractivity contribution in [2.45, 2.75) is 32.3 Å². The van der Waals surface area contributed by atoms with Gasteiger partial charge in [0.1, 0.15) is 8.67 Å². The number of alkyl halides is 4. The Morgan fingerprint density at radius 2 is 0.818 bits per heavy atom. The van der Waals surface area contributed by atoms with E-state index in [1.807, 2.05) is 36.4 Å². The summed E-state index contributed by atoms with van der Waals surface area (Å²) in [6.45, 7) is 0. The number of benzene rings is 2. The van der Waals surface area contributed by atoms with Crippen molar-refractivity contribution in [3.05, 3.63) is 71.8 Å². The van der Waals surface area contributed by atoms with Crippen LogP contribution in [0.15, 0.2) is 60.7 Å². The predicted octanol–water partition coefficient (Wildman–Crippen LogP) is 6.02. The topological polar surface area (TPSA) is 0 Å². The average molecular weight is 372 g/mol. The first kappa shape index (κ1) is 15.1. The van der Waals surface area contributed by atoms with Crippen LogP contribution in [0, 0.1) is 0 Å². The quantitative estimate of drug-likeness (QED) is 0.579. The summed E-state index contributed by atoms with van der Waals surface area (Å²) in [7, 11) is 0. The second-order valence-corrected chi connectivity index (χ2v) is 9.27. The maximum atomic E-state index is 6.65. The average Bonchev–Trinajstić information content (AvgIpc) is 3.31. The monoisotopic (exact) mass is 370 g/mol. The van der Waals surface area contributed by atoms with Crippen LogP contribution >= 0.6 is 46.4 Å². The fourth-order valence-electron chi connectivity index (χ4n) is 4.07. The summed E-state index contributed by atoms with van der Waals surface area (Å²) in [5.41, 5.74) is 1.31. The summed E-state index contributed by atoms with van der Waals surface area (Å²) in [6, 6.07) is 20.3. The van der Waals surface area contributed by atoms with Crippen LogP contribution in [0.1, 0.15) is 24.0 Å². The standard InChI is InChI=1S/C18H14Cl4/c19-17(20)11-15(17,13-7-3-1-4-8-13)16(12-18(16,21)22)14-9-5-2-6-10-14/h1-10H,11-12H2/t15-,16+. The molecule has 0 bridgehead atoms. The van der Waals surface area contributed by atoms with Gasteiger partial charge in [0.2, 0.25) is 0 Å². The number of hydrogen-bond donors (Lipinski definition) is 0. The summed E-state index contributed by atoms with van der Waals surface area (Å²) in [4.78, 5) is 0. The molecule has 2 saturated carbocycles. The first-order valence-electron chi connectivity index (χ1n) is 7.24. The van der Waals surface area contributed by atoms with E-state index in [0.717, 1.165) is 11.1 Å². The predicted molar refractivity (Wildman–Crippen MR) is 94.3 cm³/mol. The molecule has 0 aliphatic heterocycles. The molecule has 0 nitrogen and oxygen atoms in total. The normalized spacial score (nSPS) is 34.2. The molecule has 2 aromatic carbocycles. The van der Waals surface area contributed by atoms with E-state index in [9.17, 15) is 0 Å². The third-order valence-corrected chi connectivity index (χ3v) is 7.06. The Balaban J connectivity index is 1.94. The lowest BCUT2D eigenvalue weighted by molar-refractivity contribution is 0.495. The van der Waals surface area contributed by atoms with Crippen LogP contribution in [0.3, 0.4) is 0 Å². The van der Waals surface area contributed by atoms with Gasteiger partial charge in [0.25, 0.3) is 0 Å².